The third-order valence-electron chi connectivity index (χ3n) is 10.3. The Morgan fingerprint density at radius 2 is 1.79 bits per heavy atom. The zero-order valence-electron chi connectivity index (χ0n) is 17.9. The molecule has 0 radical (unpaired) electrons. The maximum Gasteiger partial charge on any atom is 0.303 e. The number of rotatable bonds is 4. The van der Waals surface area contributed by atoms with E-state index in [-0.39, 0.29) is 29.5 Å². The molecule has 3 N–H and O–H groups in total. The highest BCUT2D eigenvalue weighted by Crippen LogP contribution is 2.68. The van der Waals surface area contributed by atoms with Crippen LogP contribution in [0.1, 0.15) is 85.0 Å². The predicted molar refractivity (Wildman–Crippen MR) is 109 cm³/mol. The van der Waals surface area contributed by atoms with Crippen molar-refractivity contribution < 1.29 is 20.1 Å². The summed E-state index contributed by atoms with van der Waals surface area (Å²) in [5, 5.41) is 30.8. The Labute approximate surface area is 170 Å². The van der Waals surface area contributed by atoms with Crippen LogP contribution in [0.15, 0.2) is 0 Å². The molecule has 0 bridgehead atoms. The van der Waals surface area contributed by atoms with Crippen molar-refractivity contribution >= 4 is 5.97 Å². The number of carboxylic acid groups (broad SMARTS) is 1. The lowest BCUT2D eigenvalue weighted by Crippen LogP contribution is -2.58. The van der Waals surface area contributed by atoms with Gasteiger partial charge in [0.05, 0.1) is 12.2 Å². The van der Waals surface area contributed by atoms with E-state index < -0.39 is 5.97 Å². The fourth-order valence-electron chi connectivity index (χ4n) is 8.71. The second-order valence-electron chi connectivity index (χ2n) is 11.3. The second kappa shape index (κ2) is 7.27. The van der Waals surface area contributed by atoms with Gasteiger partial charge in [-0.05, 0) is 104 Å². The average Bonchev–Trinajstić information content (AvgIpc) is 3.00. The van der Waals surface area contributed by atoms with E-state index in [4.69, 9.17) is 5.11 Å². The van der Waals surface area contributed by atoms with Crippen LogP contribution < -0.4 is 0 Å². The van der Waals surface area contributed by atoms with Crippen LogP contribution in [0.3, 0.4) is 0 Å². The number of hydrogen-bond acceptors (Lipinski definition) is 3. The first kappa shape index (κ1) is 20.7. The molecule has 0 aromatic heterocycles. The van der Waals surface area contributed by atoms with Gasteiger partial charge >= 0.3 is 5.97 Å². The van der Waals surface area contributed by atoms with Gasteiger partial charge in [-0.1, -0.05) is 20.8 Å². The number of aliphatic hydroxyl groups excluding tert-OH is 2. The first-order valence-corrected chi connectivity index (χ1v) is 11.8. The number of hydrogen-bond donors (Lipinski definition) is 3. The standard InChI is InChI=1S/C24H40O4/c1-14(4-9-22(27)28)18-7-8-19-17-6-5-15-12-16(25)10-11-23(15,2)20(17)13-21(26)24(18,19)3/h14-21,25-26H,4-13H2,1-3H3,(H,27,28)/t14-,15-,16-,17+,18-,19?,20?,21+,23+,24-/m1/s1. The molecule has 0 aromatic carbocycles. The van der Waals surface area contributed by atoms with Crippen molar-refractivity contribution in [2.45, 2.75) is 97.2 Å². The van der Waals surface area contributed by atoms with Crippen LogP contribution in [-0.4, -0.2) is 33.5 Å². The molecule has 0 saturated heterocycles. The van der Waals surface area contributed by atoms with Crippen molar-refractivity contribution in [1.82, 2.24) is 0 Å². The summed E-state index contributed by atoms with van der Waals surface area (Å²) in [4.78, 5) is 11.1. The minimum absolute atomic E-state index is 0.0591. The van der Waals surface area contributed by atoms with E-state index in [1.54, 1.807) is 0 Å². The third kappa shape index (κ3) is 3.05. The van der Waals surface area contributed by atoms with Gasteiger partial charge < -0.3 is 15.3 Å². The van der Waals surface area contributed by atoms with Crippen LogP contribution in [0, 0.1) is 46.3 Å². The van der Waals surface area contributed by atoms with Crippen molar-refractivity contribution in [2.75, 3.05) is 0 Å². The first-order chi connectivity index (χ1) is 13.2. The van der Waals surface area contributed by atoms with Crippen molar-refractivity contribution in [3.05, 3.63) is 0 Å². The second-order valence-corrected chi connectivity index (χ2v) is 11.3. The maximum absolute atomic E-state index is 11.5. The zero-order chi connectivity index (χ0) is 20.3. The summed E-state index contributed by atoms with van der Waals surface area (Å²) < 4.78 is 0. The van der Waals surface area contributed by atoms with Gasteiger partial charge in [-0.15, -0.1) is 0 Å². The molecule has 0 spiro atoms. The van der Waals surface area contributed by atoms with Crippen LogP contribution in [0.25, 0.3) is 0 Å². The van der Waals surface area contributed by atoms with Gasteiger partial charge in [0.2, 0.25) is 0 Å². The average molecular weight is 393 g/mol. The molecule has 0 aliphatic heterocycles. The number of aliphatic carboxylic acids is 1. The van der Waals surface area contributed by atoms with Crippen molar-refractivity contribution in [3.63, 3.8) is 0 Å². The van der Waals surface area contributed by atoms with E-state index in [9.17, 15) is 15.0 Å². The van der Waals surface area contributed by atoms with Gasteiger partial charge in [-0.2, -0.15) is 0 Å². The lowest BCUT2D eigenvalue weighted by atomic mass is 9.43. The highest BCUT2D eigenvalue weighted by Gasteiger charge is 2.63. The van der Waals surface area contributed by atoms with E-state index >= 15 is 0 Å². The summed E-state index contributed by atoms with van der Waals surface area (Å²) >= 11 is 0. The molecule has 160 valence electrons. The molecule has 4 saturated carbocycles. The number of carboxylic acids is 1. The molecule has 4 nitrogen and oxygen atoms in total. The monoisotopic (exact) mass is 392 g/mol. The Hall–Kier alpha value is -0.610. The van der Waals surface area contributed by atoms with Crippen LogP contribution in [0.4, 0.5) is 0 Å². The van der Waals surface area contributed by atoms with Gasteiger partial charge in [0.25, 0.3) is 0 Å². The van der Waals surface area contributed by atoms with Crippen LogP contribution in [-0.2, 0) is 4.79 Å². The molecule has 10 atom stereocenters. The number of aliphatic hydroxyl groups is 2. The lowest BCUT2D eigenvalue weighted by molar-refractivity contribution is -0.175. The van der Waals surface area contributed by atoms with Crippen molar-refractivity contribution in [1.29, 1.82) is 0 Å². The summed E-state index contributed by atoms with van der Waals surface area (Å²) in [5.41, 5.74) is 0.216. The Kier molecular flexibility index (Phi) is 5.36. The minimum atomic E-state index is -0.707. The highest BCUT2D eigenvalue weighted by molar-refractivity contribution is 5.66. The van der Waals surface area contributed by atoms with E-state index in [2.05, 4.69) is 20.8 Å². The quantitative estimate of drug-likeness (QED) is 0.659. The molecule has 4 fully saturated rings. The Balaban J connectivity index is 1.56. The third-order valence-corrected chi connectivity index (χ3v) is 10.3. The smallest absolute Gasteiger partial charge is 0.303 e. The molecular weight excluding hydrogens is 352 g/mol. The molecule has 0 aromatic rings. The van der Waals surface area contributed by atoms with Crippen molar-refractivity contribution in [2.24, 2.45) is 46.3 Å². The van der Waals surface area contributed by atoms with Crippen LogP contribution in [0.5, 0.6) is 0 Å². The predicted octanol–water partition coefficient (Wildman–Crippen LogP) is 4.48. The Morgan fingerprint density at radius 3 is 2.50 bits per heavy atom. The van der Waals surface area contributed by atoms with Gasteiger partial charge in [-0.3, -0.25) is 4.79 Å². The molecule has 4 heteroatoms. The molecule has 4 aliphatic rings. The summed E-state index contributed by atoms with van der Waals surface area (Å²) in [7, 11) is 0. The summed E-state index contributed by atoms with van der Waals surface area (Å²) in [6, 6.07) is 0. The van der Waals surface area contributed by atoms with Crippen molar-refractivity contribution in [3.8, 4) is 0 Å². The molecule has 4 aliphatic carbocycles. The minimum Gasteiger partial charge on any atom is -0.481 e. The summed E-state index contributed by atoms with van der Waals surface area (Å²) in [6.45, 7) is 6.99. The van der Waals surface area contributed by atoms with Gasteiger partial charge in [0, 0.05) is 6.42 Å². The molecule has 0 heterocycles. The number of fused-ring (bicyclic) bond motifs is 5. The number of carbonyl (C=O) groups is 1. The molecule has 2 unspecified atom stereocenters. The molecule has 4 rings (SSSR count). The van der Waals surface area contributed by atoms with Gasteiger partial charge in [0.1, 0.15) is 0 Å². The molecule has 0 amide bonds. The summed E-state index contributed by atoms with van der Waals surface area (Å²) in [5.74, 6) is 2.55. The normalized spacial score (nSPS) is 51.7. The largest absolute Gasteiger partial charge is 0.481 e. The lowest BCUT2D eigenvalue weighted by Gasteiger charge is -2.62. The van der Waals surface area contributed by atoms with E-state index in [0.717, 1.165) is 38.5 Å². The highest BCUT2D eigenvalue weighted by atomic mass is 16.4. The first-order valence-electron chi connectivity index (χ1n) is 11.8. The van der Waals surface area contributed by atoms with E-state index in [1.165, 1.54) is 19.3 Å². The van der Waals surface area contributed by atoms with E-state index in [0.29, 0.717) is 35.5 Å². The van der Waals surface area contributed by atoms with E-state index in [1.807, 2.05) is 0 Å². The van der Waals surface area contributed by atoms with Gasteiger partial charge in [-0.25, -0.2) is 0 Å². The molecule has 28 heavy (non-hydrogen) atoms. The van der Waals surface area contributed by atoms with Gasteiger partial charge in [0.15, 0.2) is 0 Å². The van der Waals surface area contributed by atoms with Crippen LogP contribution >= 0.6 is 0 Å². The SMILES string of the molecule is C[C@H](CCC(=O)O)[C@H]1CCC2[C@@H]3CC[C@@H]4C[C@H](O)CC[C@]4(C)C3C[C@H](O)[C@@]21C. The fraction of sp³-hybridized carbons (Fsp3) is 0.958. The Bertz CT molecular complexity index is 605. The maximum atomic E-state index is 11.5. The summed E-state index contributed by atoms with van der Waals surface area (Å²) in [6.07, 6.45) is 9.26. The zero-order valence-corrected chi connectivity index (χ0v) is 17.9. The van der Waals surface area contributed by atoms with Crippen LogP contribution in [0.2, 0.25) is 0 Å². The molecular formula is C24H40O4. The Morgan fingerprint density at radius 1 is 1.04 bits per heavy atom. The fourth-order valence-corrected chi connectivity index (χ4v) is 8.71. The topological polar surface area (TPSA) is 77.8 Å².